The molecule has 0 amide bonds. The lowest BCUT2D eigenvalue weighted by Gasteiger charge is -2.09. The van der Waals surface area contributed by atoms with Crippen LogP contribution in [0.2, 0.25) is 0 Å². The minimum atomic E-state index is 0.351. The van der Waals surface area contributed by atoms with Crippen molar-refractivity contribution in [3.63, 3.8) is 0 Å². The summed E-state index contributed by atoms with van der Waals surface area (Å²) in [5.74, 6) is 3.07. The topological polar surface area (TPSA) is 17.1 Å². The van der Waals surface area contributed by atoms with Crippen molar-refractivity contribution in [2.75, 3.05) is 11.5 Å². The monoisotopic (exact) mass is 210 g/mol. The van der Waals surface area contributed by atoms with Crippen LogP contribution in [0.1, 0.15) is 38.5 Å². The number of hydrogen-bond donors (Lipinski definition) is 0. The van der Waals surface area contributed by atoms with E-state index >= 15 is 0 Å². The van der Waals surface area contributed by atoms with Crippen LogP contribution in [0.15, 0.2) is 11.6 Å². The van der Waals surface area contributed by atoms with E-state index < -0.39 is 0 Å². The summed E-state index contributed by atoms with van der Waals surface area (Å²) >= 11 is 1.93. The SMILES string of the molecule is O=C(C1=CCCCCC1)C1CCSC1. The molecule has 1 atom stereocenters. The molecule has 1 fully saturated rings. The van der Waals surface area contributed by atoms with Gasteiger partial charge < -0.3 is 0 Å². The number of thioether (sulfide) groups is 1. The van der Waals surface area contributed by atoms with E-state index in [4.69, 9.17) is 0 Å². The minimum Gasteiger partial charge on any atom is -0.294 e. The van der Waals surface area contributed by atoms with Crippen molar-refractivity contribution in [2.24, 2.45) is 5.92 Å². The molecule has 1 nitrogen and oxygen atoms in total. The molecule has 78 valence electrons. The molecule has 0 aromatic carbocycles. The van der Waals surface area contributed by atoms with Gasteiger partial charge in [0.15, 0.2) is 5.78 Å². The Morgan fingerprint density at radius 3 is 3.07 bits per heavy atom. The molecule has 0 aromatic rings. The molecular formula is C12H18OS. The van der Waals surface area contributed by atoms with Crippen LogP contribution in [0.25, 0.3) is 0 Å². The van der Waals surface area contributed by atoms with Crippen molar-refractivity contribution in [1.82, 2.24) is 0 Å². The molecule has 1 aliphatic heterocycles. The molecule has 1 heterocycles. The largest absolute Gasteiger partial charge is 0.294 e. The fourth-order valence-electron chi connectivity index (χ4n) is 2.24. The number of allylic oxidation sites excluding steroid dienone is 2. The zero-order valence-corrected chi connectivity index (χ0v) is 9.44. The van der Waals surface area contributed by atoms with Crippen LogP contribution < -0.4 is 0 Å². The highest BCUT2D eigenvalue weighted by Crippen LogP contribution is 2.29. The third kappa shape index (κ3) is 2.41. The minimum absolute atomic E-state index is 0.351. The van der Waals surface area contributed by atoms with E-state index in [1.54, 1.807) is 0 Å². The van der Waals surface area contributed by atoms with Crippen LogP contribution in [0, 0.1) is 5.92 Å². The molecular weight excluding hydrogens is 192 g/mol. The lowest BCUT2D eigenvalue weighted by atomic mass is 9.94. The summed E-state index contributed by atoms with van der Waals surface area (Å²) in [7, 11) is 0. The second-order valence-electron chi connectivity index (χ2n) is 4.25. The summed E-state index contributed by atoms with van der Waals surface area (Å²) in [6.07, 6.45) is 9.28. The third-order valence-electron chi connectivity index (χ3n) is 3.16. The van der Waals surface area contributed by atoms with Gasteiger partial charge in [-0.3, -0.25) is 4.79 Å². The maximum Gasteiger partial charge on any atom is 0.162 e. The van der Waals surface area contributed by atoms with Crippen LogP contribution in [0.4, 0.5) is 0 Å². The number of carbonyl (C=O) groups is 1. The van der Waals surface area contributed by atoms with Crippen molar-refractivity contribution in [2.45, 2.75) is 38.5 Å². The highest BCUT2D eigenvalue weighted by molar-refractivity contribution is 7.99. The zero-order chi connectivity index (χ0) is 9.80. The normalized spacial score (nSPS) is 28.3. The number of carbonyl (C=O) groups excluding carboxylic acids is 1. The highest BCUT2D eigenvalue weighted by Gasteiger charge is 2.25. The van der Waals surface area contributed by atoms with Crippen LogP contribution in [-0.4, -0.2) is 17.3 Å². The molecule has 0 N–H and O–H groups in total. The van der Waals surface area contributed by atoms with Crippen molar-refractivity contribution in [3.8, 4) is 0 Å². The predicted octanol–water partition coefficient (Wildman–Crippen LogP) is 3.20. The second-order valence-corrected chi connectivity index (χ2v) is 5.40. The highest BCUT2D eigenvalue weighted by atomic mass is 32.2. The maximum absolute atomic E-state index is 12.1. The molecule has 0 bridgehead atoms. The van der Waals surface area contributed by atoms with E-state index in [1.807, 2.05) is 11.8 Å². The van der Waals surface area contributed by atoms with Gasteiger partial charge >= 0.3 is 0 Å². The predicted molar refractivity (Wildman–Crippen MR) is 61.6 cm³/mol. The smallest absolute Gasteiger partial charge is 0.162 e. The first kappa shape index (κ1) is 10.3. The molecule has 1 saturated heterocycles. The zero-order valence-electron chi connectivity index (χ0n) is 8.63. The number of Topliss-reactive ketones (excluding diaryl/α,β-unsaturated/α-hetero) is 1. The Labute approximate surface area is 90.3 Å². The summed E-state index contributed by atoms with van der Waals surface area (Å²) in [5.41, 5.74) is 1.15. The number of hydrogen-bond acceptors (Lipinski definition) is 2. The van der Waals surface area contributed by atoms with Gasteiger partial charge in [0.25, 0.3) is 0 Å². The Morgan fingerprint density at radius 1 is 1.36 bits per heavy atom. The average Bonchev–Trinajstić information content (AvgIpc) is 2.59. The van der Waals surface area contributed by atoms with Crippen molar-refractivity contribution < 1.29 is 4.79 Å². The molecule has 0 radical (unpaired) electrons. The fourth-order valence-corrected chi connectivity index (χ4v) is 3.46. The first-order valence-electron chi connectivity index (χ1n) is 5.69. The van der Waals surface area contributed by atoms with E-state index in [1.165, 1.54) is 25.0 Å². The van der Waals surface area contributed by atoms with Gasteiger partial charge in [-0.15, -0.1) is 0 Å². The number of rotatable bonds is 2. The first-order valence-corrected chi connectivity index (χ1v) is 6.84. The van der Waals surface area contributed by atoms with E-state index in [2.05, 4.69) is 6.08 Å². The fraction of sp³-hybridized carbons (Fsp3) is 0.750. The molecule has 2 heteroatoms. The van der Waals surface area contributed by atoms with E-state index in [9.17, 15) is 4.79 Å². The Bertz CT molecular complexity index is 239. The Hall–Kier alpha value is -0.240. The van der Waals surface area contributed by atoms with E-state index in [0.29, 0.717) is 11.7 Å². The summed E-state index contributed by atoms with van der Waals surface area (Å²) in [6, 6.07) is 0. The molecule has 0 saturated carbocycles. The van der Waals surface area contributed by atoms with Crippen LogP contribution in [0.3, 0.4) is 0 Å². The quantitative estimate of drug-likeness (QED) is 0.696. The Balaban J connectivity index is 1.97. The van der Waals surface area contributed by atoms with Gasteiger partial charge in [-0.05, 0) is 43.4 Å². The lowest BCUT2D eigenvalue weighted by molar-refractivity contribution is -0.118. The third-order valence-corrected chi connectivity index (χ3v) is 4.32. The van der Waals surface area contributed by atoms with Gasteiger partial charge in [-0.25, -0.2) is 0 Å². The molecule has 1 aliphatic carbocycles. The van der Waals surface area contributed by atoms with Gasteiger partial charge in [0, 0.05) is 11.7 Å². The Morgan fingerprint density at radius 2 is 2.29 bits per heavy atom. The molecule has 1 unspecified atom stereocenters. The van der Waals surface area contributed by atoms with E-state index in [0.717, 1.165) is 30.6 Å². The van der Waals surface area contributed by atoms with Gasteiger partial charge in [-0.2, -0.15) is 11.8 Å². The maximum atomic E-state index is 12.1. The van der Waals surface area contributed by atoms with Gasteiger partial charge in [0.05, 0.1) is 0 Å². The summed E-state index contributed by atoms with van der Waals surface area (Å²) < 4.78 is 0. The van der Waals surface area contributed by atoms with Crippen LogP contribution in [-0.2, 0) is 4.79 Å². The lowest BCUT2D eigenvalue weighted by Crippen LogP contribution is -2.15. The van der Waals surface area contributed by atoms with E-state index in [-0.39, 0.29) is 0 Å². The average molecular weight is 210 g/mol. The van der Waals surface area contributed by atoms with Crippen LogP contribution >= 0.6 is 11.8 Å². The molecule has 14 heavy (non-hydrogen) atoms. The van der Waals surface area contributed by atoms with Gasteiger partial charge in [0.1, 0.15) is 0 Å². The Kier molecular flexibility index (Phi) is 3.68. The van der Waals surface area contributed by atoms with Crippen molar-refractivity contribution in [3.05, 3.63) is 11.6 Å². The van der Waals surface area contributed by atoms with Gasteiger partial charge in [0.2, 0.25) is 0 Å². The molecule has 2 aliphatic rings. The molecule has 2 rings (SSSR count). The number of ketones is 1. The van der Waals surface area contributed by atoms with Crippen LogP contribution in [0.5, 0.6) is 0 Å². The standard InChI is InChI=1S/C12H18OS/c13-12(11-7-8-14-9-11)10-5-3-1-2-4-6-10/h5,11H,1-4,6-9H2. The molecule has 0 spiro atoms. The molecule has 0 aromatic heterocycles. The van der Waals surface area contributed by atoms with Crippen molar-refractivity contribution in [1.29, 1.82) is 0 Å². The van der Waals surface area contributed by atoms with Gasteiger partial charge in [-0.1, -0.05) is 12.5 Å². The van der Waals surface area contributed by atoms with Crippen molar-refractivity contribution >= 4 is 17.5 Å². The first-order chi connectivity index (χ1) is 6.88. The summed E-state index contributed by atoms with van der Waals surface area (Å²) in [5, 5.41) is 0. The second kappa shape index (κ2) is 5.01. The summed E-state index contributed by atoms with van der Waals surface area (Å²) in [4.78, 5) is 12.1. The summed E-state index contributed by atoms with van der Waals surface area (Å²) in [6.45, 7) is 0.